The Morgan fingerprint density at radius 2 is 1.89 bits per heavy atom. The van der Waals surface area contributed by atoms with Crippen LogP contribution in [0, 0.1) is 5.82 Å². The van der Waals surface area contributed by atoms with Crippen LogP contribution in [0.2, 0.25) is 0 Å². The molecule has 2 aromatic rings. The number of carbonyl (C=O) groups is 1. The summed E-state index contributed by atoms with van der Waals surface area (Å²) in [5.74, 6) is -2.39. The summed E-state index contributed by atoms with van der Waals surface area (Å²) in [5.41, 5.74) is 0.136. The largest absolute Gasteiger partial charge is 0.478 e. The van der Waals surface area contributed by atoms with Crippen LogP contribution < -0.4 is 5.32 Å². The molecular weight excluding hydrogens is 383 g/mol. The van der Waals surface area contributed by atoms with Crippen LogP contribution >= 0.6 is 31.9 Å². The van der Waals surface area contributed by atoms with Gasteiger partial charge in [-0.25, -0.2) is 14.2 Å². The highest BCUT2D eigenvalue weighted by atomic mass is 79.9. The molecule has 0 saturated carbocycles. The normalized spacial score (nSPS) is 10.3. The second kappa shape index (κ2) is 5.66. The van der Waals surface area contributed by atoms with Crippen LogP contribution in [0.5, 0.6) is 0 Å². The molecule has 0 fully saturated rings. The number of rotatable bonds is 3. The van der Waals surface area contributed by atoms with Gasteiger partial charge in [0.1, 0.15) is 5.56 Å². The van der Waals surface area contributed by atoms with Gasteiger partial charge < -0.3 is 10.4 Å². The Labute approximate surface area is 124 Å². The van der Waals surface area contributed by atoms with E-state index in [4.69, 9.17) is 5.11 Å². The summed E-state index contributed by atoms with van der Waals surface area (Å²) < 4.78 is 15.3. The molecule has 0 atom stereocenters. The highest BCUT2D eigenvalue weighted by Gasteiger charge is 2.16. The number of carboxylic acid groups (broad SMARTS) is 1. The minimum atomic E-state index is -1.34. The Bertz CT molecular complexity index is 629. The highest BCUT2D eigenvalue weighted by molar-refractivity contribution is 9.11. The van der Waals surface area contributed by atoms with Crippen LogP contribution in [-0.2, 0) is 0 Å². The van der Waals surface area contributed by atoms with E-state index >= 15 is 0 Å². The number of hydrogen-bond acceptors (Lipinski definition) is 3. The predicted molar refractivity (Wildman–Crippen MR) is 76.3 cm³/mol. The monoisotopic (exact) mass is 388 g/mol. The van der Waals surface area contributed by atoms with Crippen molar-refractivity contribution in [1.29, 1.82) is 0 Å². The first-order chi connectivity index (χ1) is 9.00. The third-order valence-electron chi connectivity index (χ3n) is 2.33. The molecule has 19 heavy (non-hydrogen) atoms. The number of nitrogens with one attached hydrogen (secondary N) is 1. The first-order valence-electron chi connectivity index (χ1n) is 5.09. The van der Waals surface area contributed by atoms with Crippen LogP contribution in [0.15, 0.2) is 39.4 Å². The molecule has 0 aliphatic heterocycles. The van der Waals surface area contributed by atoms with Gasteiger partial charge in [-0.15, -0.1) is 0 Å². The maximum Gasteiger partial charge on any atom is 0.338 e. The molecule has 98 valence electrons. The third kappa shape index (κ3) is 2.93. The van der Waals surface area contributed by atoms with Gasteiger partial charge in [0.15, 0.2) is 11.6 Å². The molecule has 0 saturated heterocycles. The molecule has 0 spiro atoms. The van der Waals surface area contributed by atoms with Crippen molar-refractivity contribution in [3.05, 3.63) is 50.8 Å². The summed E-state index contributed by atoms with van der Waals surface area (Å²) in [4.78, 5) is 14.7. The SMILES string of the molecule is O=C(O)c1ccnc(Nc2c(Br)cccc2Br)c1F. The Morgan fingerprint density at radius 3 is 2.47 bits per heavy atom. The summed E-state index contributed by atoms with van der Waals surface area (Å²) in [6, 6.07) is 6.45. The number of anilines is 2. The molecule has 4 nitrogen and oxygen atoms in total. The summed E-state index contributed by atoms with van der Waals surface area (Å²) in [5, 5.41) is 11.6. The fourth-order valence-corrected chi connectivity index (χ4v) is 2.63. The smallest absolute Gasteiger partial charge is 0.338 e. The molecule has 1 aromatic heterocycles. The van der Waals surface area contributed by atoms with Crippen LogP contribution in [0.4, 0.5) is 15.9 Å². The quantitative estimate of drug-likeness (QED) is 0.826. The molecule has 1 heterocycles. The molecule has 0 amide bonds. The van der Waals surface area contributed by atoms with Gasteiger partial charge >= 0.3 is 5.97 Å². The van der Waals surface area contributed by atoms with Crippen LogP contribution in [0.1, 0.15) is 10.4 Å². The predicted octanol–water partition coefficient (Wildman–Crippen LogP) is 4.19. The molecule has 0 unspecified atom stereocenters. The van der Waals surface area contributed by atoms with Gasteiger partial charge in [-0.3, -0.25) is 0 Å². The Kier molecular flexibility index (Phi) is 4.16. The lowest BCUT2D eigenvalue weighted by molar-refractivity contribution is 0.0692. The lowest BCUT2D eigenvalue weighted by Crippen LogP contribution is -2.06. The van der Waals surface area contributed by atoms with Crippen molar-refractivity contribution in [2.45, 2.75) is 0 Å². The number of aromatic carboxylic acids is 1. The van der Waals surface area contributed by atoms with Crippen LogP contribution in [-0.4, -0.2) is 16.1 Å². The van der Waals surface area contributed by atoms with Gasteiger partial charge in [-0.05, 0) is 50.1 Å². The molecule has 2 N–H and O–H groups in total. The van der Waals surface area contributed by atoms with E-state index in [1.54, 1.807) is 18.2 Å². The topological polar surface area (TPSA) is 62.2 Å². The summed E-state index contributed by atoms with van der Waals surface area (Å²) in [6.45, 7) is 0. The zero-order valence-corrected chi connectivity index (χ0v) is 12.5. The number of carboxylic acids is 1. The molecule has 7 heteroatoms. The third-order valence-corrected chi connectivity index (χ3v) is 3.65. The van der Waals surface area contributed by atoms with E-state index in [1.807, 2.05) is 0 Å². The second-order valence-electron chi connectivity index (χ2n) is 3.55. The number of aromatic nitrogens is 1. The summed E-state index contributed by atoms with van der Waals surface area (Å²) >= 11 is 6.64. The molecule has 1 aromatic carbocycles. The molecular formula is C12H7Br2FN2O2. The van der Waals surface area contributed by atoms with Crippen molar-refractivity contribution in [2.24, 2.45) is 0 Å². The average molecular weight is 390 g/mol. The minimum Gasteiger partial charge on any atom is -0.478 e. The number of halogens is 3. The first kappa shape index (κ1) is 14.0. The van der Waals surface area contributed by atoms with Crippen molar-refractivity contribution in [1.82, 2.24) is 4.98 Å². The van der Waals surface area contributed by atoms with Gasteiger partial charge in [0, 0.05) is 15.1 Å². The van der Waals surface area contributed by atoms with E-state index < -0.39 is 17.3 Å². The highest BCUT2D eigenvalue weighted by Crippen LogP contribution is 2.33. The fraction of sp³-hybridized carbons (Fsp3) is 0. The van der Waals surface area contributed by atoms with Gasteiger partial charge in [-0.2, -0.15) is 0 Å². The standard InChI is InChI=1S/C12H7Br2FN2O2/c13-7-2-1-3-8(14)10(7)17-11-9(15)6(12(18)19)4-5-16-11/h1-5H,(H,16,17)(H,18,19). The van der Waals surface area contributed by atoms with Crippen molar-refractivity contribution in [3.63, 3.8) is 0 Å². The van der Waals surface area contributed by atoms with E-state index in [2.05, 4.69) is 42.2 Å². The van der Waals surface area contributed by atoms with Gasteiger partial charge in [0.05, 0.1) is 5.69 Å². The van der Waals surface area contributed by atoms with E-state index in [0.717, 1.165) is 6.07 Å². The maximum atomic E-state index is 13.9. The number of benzene rings is 1. The molecule has 0 aliphatic rings. The number of para-hydroxylation sites is 1. The minimum absolute atomic E-state index is 0.146. The van der Waals surface area contributed by atoms with Crippen molar-refractivity contribution < 1.29 is 14.3 Å². The maximum absolute atomic E-state index is 13.9. The Morgan fingerprint density at radius 1 is 1.26 bits per heavy atom. The molecule has 0 aliphatic carbocycles. The lowest BCUT2D eigenvalue weighted by atomic mass is 10.2. The lowest BCUT2D eigenvalue weighted by Gasteiger charge is -2.11. The second-order valence-corrected chi connectivity index (χ2v) is 5.26. The van der Waals surface area contributed by atoms with Gasteiger partial charge in [-0.1, -0.05) is 6.07 Å². The van der Waals surface area contributed by atoms with E-state index in [-0.39, 0.29) is 5.82 Å². The number of pyridine rings is 1. The van der Waals surface area contributed by atoms with E-state index in [0.29, 0.717) is 14.6 Å². The van der Waals surface area contributed by atoms with Crippen molar-refractivity contribution in [3.8, 4) is 0 Å². The van der Waals surface area contributed by atoms with Gasteiger partial charge in [0.25, 0.3) is 0 Å². The number of hydrogen-bond donors (Lipinski definition) is 2. The van der Waals surface area contributed by atoms with Crippen molar-refractivity contribution >= 4 is 49.3 Å². The first-order valence-corrected chi connectivity index (χ1v) is 6.68. The summed E-state index contributed by atoms with van der Waals surface area (Å²) in [7, 11) is 0. The van der Waals surface area contributed by atoms with E-state index in [9.17, 15) is 9.18 Å². The number of nitrogens with zero attached hydrogens (tertiary/aromatic N) is 1. The fourth-order valence-electron chi connectivity index (χ4n) is 1.43. The zero-order valence-electron chi connectivity index (χ0n) is 9.32. The molecule has 0 radical (unpaired) electrons. The summed E-state index contributed by atoms with van der Waals surface area (Å²) in [6.07, 6.45) is 1.24. The average Bonchev–Trinajstić information content (AvgIpc) is 2.35. The van der Waals surface area contributed by atoms with Crippen LogP contribution in [0.3, 0.4) is 0 Å². The zero-order chi connectivity index (χ0) is 14.0. The van der Waals surface area contributed by atoms with Crippen molar-refractivity contribution in [2.75, 3.05) is 5.32 Å². The molecule has 2 rings (SSSR count). The molecule has 0 bridgehead atoms. The van der Waals surface area contributed by atoms with Crippen LogP contribution in [0.25, 0.3) is 0 Å². The Hall–Kier alpha value is -1.47. The van der Waals surface area contributed by atoms with E-state index in [1.165, 1.54) is 6.20 Å². The van der Waals surface area contributed by atoms with Gasteiger partial charge in [0.2, 0.25) is 0 Å². The Balaban J connectivity index is 2.45.